The zero-order valence-corrected chi connectivity index (χ0v) is 28.6. The van der Waals surface area contributed by atoms with E-state index in [0.29, 0.717) is 0 Å². The van der Waals surface area contributed by atoms with E-state index < -0.39 is 0 Å². The number of hydrogen-bond donors (Lipinski definition) is 0. The average Bonchev–Trinajstić information content (AvgIpc) is 3.34. The number of benzene rings is 2. The number of allylic oxidation sites excluding steroid dienone is 2. The normalized spacial score (nSPS) is 13.0. The van der Waals surface area contributed by atoms with Crippen LogP contribution in [0.4, 0.5) is 0 Å². The fourth-order valence-corrected chi connectivity index (χ4v) is 6.57. The molecule has 0 fully saturated rings. The van der Waals surface area contributed by atoms with Gasteiger partial charge in [0.25, 0.3) is 0 Å². The third-order valence-electron chi connectivity index (χ3n) is 7.85. The van der Waals surface area contributed by atoms with Crippen LogP contribution in [0, 0.1) is 0 Å². The van der Waals surface area contributed by atoms with Crippen molar-refractivity contribution >= 4 is 11.4 Å². The van der Waals surface area contributed by atoms with Crippen molar-refractivity contribution < 1.29 is 19.1 Å². The molecule has 1 heterocycles. The molecule has 1 aliphatic rings. The first-order valence-corrected chi connectivity index (χ1v) is 18.6. The van der Waals surface area contributed by atoms with Crippen LogP contribution in [-0.4, -0.2) is 4.70 Å². The van der Waals surface area contributed by atoms with Crippen LogP contribution in [0.5, 0.6) is 0 Å². The van der Waals surface area contributed by atoms with Gasteiger partial charge in [0.1, 0.15) is 0 Å². The van der Waals surface area contributed by atoms with Gasteiger partial charge in [0, 0.05) is 22.8 Å². The summed E-state index contributed by atoms with van der Waals surface area (Å²) in [6, 6.07) is 17.6. The summed E-state index contributed by atoms with van der Waals surface area (Å²) in [7, 11) is 0. The molecule has 2 nitrogen and oxygen atoms in total. The van der Waals surface area contributed by atoms with Crippen molar-refractivity contribution in [3.8, 4) is 0 Å². The van der Waals surface area contributed by atoms with E-state index in [-0.39, 0.29) is 0 Å². The van der Waals surface area contributed by atoms with Gasteiger partial charge in [-0.3, -0.25) is 0 Å². The maximum absolute atomic E-state index is 11.4. The van der Waals surface area contributed by atoms with Crippen molar-refractivity contribution in [3.63, 3.8) is 0 Å². The summed E-state index contributed by atoms with van der Waals surface area (Å²) < 4.78 is 1.45. The van der Waals surface area contributed by atoms with Crippen LogP contribution in [0.1, 0.15) is 147 Å². The van der Waals surface area contributed by atoms with E-state index >= 15 is 0 Å². The fourth-order valence-electron chi connectivity index (χ4n) is 5.13. The molecule has 0 saturated carbocycles. The summed E-state index contributed by atoms with van der Waals surface area (Å²) in [5, 5.41) is 2.78. The minimum absolute atomic E-state index is 0.897. The van der Waals surface area contributed by atoms with E-state index in [1.165, 1.54) is 109 Å². The second kappa shape index (κ2) is 22.5. The van der Waals surface area contributed by atoms with Gasteiger partial charge in [-0.1, -0.05) is 83.6 Å². The molecule has 0 N–H and O–H groups in total. The Morgan fingerprint density at radius 2 is 1.17 bits per heavy atom. The molecule has 3 rings (SSSR count). The van der Waals surface area contributed by atoms with Crippen LogP contribution >= 0.6 is 0 Å². The predicted octanol–water partition coefficient (Wildman–Crippen LogP) is 13.0. The standard InChI is InChI=1S/C31H42N2.2C4H9.Ni/c1-4-7-10-12-17-29-24-30(27-21-19-25(20-22-27)14-9-6-3)33(32)31(29)28-18-13-16-26(23-28)15-11-8-5-2;2*1-3-4-2;/h13,16,18-24H,4-12,14-15,17H2,1-3H3;2*1,3-4H2,2H3;. The molecule has 0 unspecified atom stereocenters. The van der Waals surface area contributed by atoms with Crippen molar-refractivity contribution in [2.45, 2.75) is 148 Å². The third kappa shape index (κ3) is 13.1. The molecular formula is C39H60N2Ni. The van der Waals surface area contributed by atoms with Gasteiger partial charge < -0.3 is 5.53 Å². The Bertz CT molecular complexity index is 1070. The number of unbranched alkanes of at least 4 members (excludes halogenated alkanes) is 8. The summed E-state index contributed by atoms with van der Waals surface area (Å²) >= 11 is 1.94. The molecular weight excluding hydrogens is 555 g/mol. The first-order valence-electron chi connectivity index (χ1n) is 17.2. The number of aryl methyl sites for hydroxylation is 2. The Balaban J connectivity index is 0.000000592. The van der Waals surface area contributed by atoms with Crippen LogP contribution in [0.25, 0.3) is 16.9 Å². The molecule has 0 amide bonds. The van der Waals surface area contributed by atoms with Crippen molar-refractivity contribution in [1.29, 1.82) is 0 Å². The molecule has 0 aliphatic carbocycles. The van der Waals surface area contributed by atoms with Crippen molar-refractivity contribution in [2.75, 3.05) is 0 Å². The quantitative estimate of drug-likeness (QED) is 0.0805. The zero-order valence-electron chi connectivity index (χ0n) is 27.6. The van der Waals surface area contributed by atoms with Gasteiger partial charge in [-0.25, -0.2) is 4.70 Å². The van der Waals surface area contributed by atoms with Crippen LogP contribution in [-0.2, 0) is 27.3 Å². The fraction of sp³-hybridized carbons (Fsp3) is 0.590. The van der Waals surface area contributed by atoms with E-state index in [4.69, 9.17) is 0 Å². The molecule has 42 heavy (non-hydrogen) atoms. The zero-order chi connectivity index (χ0) is 30.4. The van der Waals surface area contributed by atoms with Crippen molar-refractivity contribution in [1.82, 2.24) is 0 Å². The summed E-state index contributed by atoms with van der Waals surface area (Å²) in [4.78, 5) is 0. The molecule has 0 spiro atoms. The molecule has 2 aromatic rings. The minimum atomic E-state index is 0.897. The van der Waals surface area contributed by atoms with Gasteiger partial charge in [0.05, 0.1) is 0 Å². The second-order valence-corrected chi connectivity index (χ2v) is 13.1. The van der Waals surface area contributed by atoms with Crippen molar-refractivity contribution in [3.05, 3.63) is 88.0 Å². The Hall–Kier alpha value is -1.99. The van der Waals surface area contributed by atoms with Gasteiger partial charge in [0.2, 0.25) is 11.4 Å². The molecule has 0 aromatic heterocycles. The molecule has 1 aliphatic heterocycles. The molecule has 236 valence electrons. The monoisotopic (exact) mass is 614 g/mol. The van der Waals surface area contributed by atoms with Gasteiger partial charge in [-0.15, -0.1) is 0 Å². The molecule has 0 bridgehead atoms. The summed E-state index contributed by atoms with van der Waals surface area (Å²) in [5.74, 6) is 0. The topological polar surface area (TPSA) is 25.3 Å². The number of rotatable bonds is 20. The number of hydrogen-bond acceptors (Lipinski definition) is 0. The van der Waals surface area contributed by atoms with Crippen LogP contribution in [0.15, 0.2) is 60.2 Å². The van der Waals surface area contributed by atoms with E-state index in [1.54, 1.807) is 0 Å². The van der Waals surface area contributed by atoms with Crippen molar-refractivity contribution in [2.24, 2.45) is 0 Å². The van der Waals surface area contributed by atoms with Gasteiger partial charge in [-0.05, 0) is 73.9 Å². The predicted molar refractivity (Wildman–Crippen MR) is 181 cm³/mol. The first-order chi connectivity index (χ1) is 20.6. The third-order valence-corrected chi connectivity index (χ3v) is 9.24. The second-order valence-electron chi connectivity index (χ2n) is 11.7. The van der Waals surface area contributed by atoms with Gasteiger partial charge in [-0.2, -0.15) is 0 Å². The molecule has 2 aromatic carbocycles. The van der Waals surface area contributed by atoms with Crippen LogP contribution < -0.4 is 0 Å². The summed E-state index contributed by atoms with van der Waals surface area (Å²) in [5.41, 5.74) is 19.4. The van der Waals surface area contributed by atoms with Crippen LogP contribution in [0.2, 0.25) is 10.8 Å². The maximum atomic E-state index is 11.4. The SMILES string of the molecule is CCCCCCC1=C(c2cccc(CCCCC)c2)[N+](=[N-])C(c2ccc(CCCC)cc2)=C1.CCC[CH2][Ni][CH2]CCC. The van der Waals surface area contributed by atoms with E-state index in [2.05, 4.69) is 89.2 Å². The Labute approximate surface area is 265 Å². The summed E-state index contributed by atoms with van der Waals surface area (Å²) in [6.07, 6.45) is 22.0. The Kier molecular flexibility index (Phi) is 19.4. The van der Waals surface area contributed by atoms with E-state index in [9.17, 15) is 5.53 Å². The summed E-state index contributed by atoms with van der Waals surface area (Å²) in [6.45, 7) is 11.2. The number of nitrogens with zero attached hydrogens (tertiary/aromatic N) is 2. The molecule has 3 heteroatoms. The molecule has 0 saturated heterocycles. The van der Waals surface area contributed by atoms with E-state index in [0.717, 1.165) is 48.2 Å². The Morgan fingerprint density at radius 3 is 1.81 bits per heavy atom. The van der Waals surface area contributed by atoms with Gasteiger partial charge >= 0.3 is 64.8 Å². The molecule has 0 atom stereocenters. The molecule has 0 radical (unpaired) electrons. The van der Waals surface area contributed by atoms with Gasteiger partial charge in [0.15, 0.2) is 0 Å². The van der Waals surface area contributed by atoms with E-state index in [1.807, 2.05) is 14.4 Å². The van der Waals surface area contributed by atoms with Crippen LogP contribution in [0.3, 0.4) is 0 Å². The average molecular weight is 616 g/mol. The Morgan fingerprint density at radius 1 is 0.571 bits per heavy atom. The first kappa shape index (κ1) is 36.2.